The fourth-order valence-corrected chi connectivity index (χ4v) is 1.23. The molecule has 0 saturated heterocycles. The van der Waals surface area contributed by atoms with Gasteiger partial charge in [-0.1, -0.05) is 0 Å². The number of alkyl halides is 3. The van der Waals surface area contributed by atoms with Gasteiger partial charge in [0.15, 0.2) is 0 Å². The molecule has 0 aliphatic rings. The maximum absolute atomic E-state index is 11.9. The lowest BCUT2D eigenvalue weighted by atomic mass is 9.90. The largest absolute Gasteiger partial charge is 0.574 e. The Balaban J connectivity index is 2.89. The average Bonchev–Trinajstić information content (AvgIpc) is 2.27. The molecule has 0 aliphatic heterocycles. The molecular weight excluding hydrogens is 265 g/mol. The molecular formula is C11H13F3N2O3. The van der Waals surface area contributed by atoms with Crippen LogP contribution in [0.2, 0.25) is 0 Å². The number of aromatic nitrogens is 2. The van der Waals surface area contributed by atoms with Crippen molar-refractivity contribution in [3.63, 3.8) is 0 Å². The van der Waals surface area contributed by atoms with Crippen LogP contribution < -0.4 is 4.74 Å². The summed E-state index contributed by atoms with van der Waals surface area (Å²) in [5.74, 6) is -1.22. The molecule has 19 heavy (non-hydrogen) atoms. The summed E-state index contributed by atoms with van der Waals surface area (Å²) in [6, 6.07) is 0. The van der Waals surface area contributed by atoms with Crippen LogP contribution in [0.1, 0.15) is 26.5 Å². The van der Waals surface area contributed by atoms with Crippen LogP contribution in [0.25, 0.3) is 0 Å². The van der Waals surface area contributed by atoms with E-state index >= 15 is 0 Å². The van der Waals surface area contributed by atoms with Gasteiger partial charge in [-0.15, -0.1) is 13.2 Å². The van der Waals surface area contributed by atoms with Crippen LogP contribution in [-0.4, -0.2) is 28.9 Å². The molecule has 1 aromatic heterocycles. The molecule has 0 N–H and O–H groups in total. The zero-order valence-corrected chi connectivity index (χ0v) is 10.6. The number of rotatable bonds is 4. The second-order valence-corrected chi connectivity index (χ2v) is 4.13. The average molecular weight is 278 g/mol. The molecule has 0 spiro atoms. The number of nitrogens with zero attached hydrogens (tertiary/aromatic N) is 2. The van der Waals surface area contributed by atoms with E-state index in [-0.39, 0.29) is 12.3 Å². The highest BCUT2D eigenvalue weighted by Crippen LogP contribution is 2.25. The van der Waals surface area contributed by atoms with Crippen molar-refractivity contribution in [2.75, 3.05) is 6.61 Å². The smallest absolute Gasteiger partial charge is 0.465 e. The van der Waals surface area contributed by atoms with Crippen molar-refractivity contribution in [3.05, 3.63) is 18.1 Å². The second kappa shape index (κ2) is 5.41. The van der Waals surface area contributed by atoms with Crippen molar-refractivity contribution in [2.24, 2.45) is 0 Å². The van der Waals surface area contributed by atoms with E-state index in [0.717, 1.165) is 12.4 Å². The zero-order valence-electron chi connectivity index (χ0n) is 10.6. The number of halogens is 3. The van der Waals surface area contributed by atoms with Crippen LogP contribution in [0.3, 0.4) is 0 Å². The number of ether oxygens (including phenoxy) is 2. The van der Waals surface area contributed by atoms with Crippen molar-refractivity contribution in [2.45, 2.75) is 32.5 Å². The monoisotopic (exact) mass is 278 g/mol. The van der Waals surface area contributed by atoms with Crippen LogP contribution in [0.15, 0.2) is 12.4 Å². The lowest BCUT2D eigenvalue weighted by Gasteiger charge is -2.21. The normalized spacial score (nSPS) is 12.1. The minimum atomic E-state index is -4.83. The van der Waals surface area contributed by atoms with Gasteiger partial charge in [-0.25, -0.2) is 4.98 Å². The first-order valence-corrected chi connectivity index (χ1v) is 5.42. The van der Waals surface area contributed by atoms with E-state index < -0.39 is 23.6 Å². The number of carbonyl (C=O) groups excluding carboxylic acids is 1. The Morgan fingerprint density at radius 3 is 2.32 bits per heavy atom. The van der Waals surface area contributed by atoms with E-state index in [1.165, 1.54) is 0 Å². The molecule has 0 bridgehead atoms. The summed E-state index contributed by atoms with van der Waals surface area (Å²) in [4.78, 5) is 18.9. The third-order valence-electron chi connectivity index (χ3n) is 2.27. The molecule has 0 aromatic carbocycles. The van der Waals surface area contributed by atoms with E-state index in [1.807, 2.05) is 0 Å². The topological polar surface area (TPSA) is 61.3 Å². The Morgan fingerprint density at radius 2 is 1.89 bits per heavy atom. The summed E-state index contributed by atoms with van der Waals surface area (Å²) in [7, 11) is 0. The molecule has 8 heteroatoms. The van der Waals surface area contributed by atoms with E-state index in [2.05, 4.69) is 14.7 Å². The Bertz CT molecular complexity index is 443. The molecule has 1 heterocycles. The first-order valence-electron chi connectivity index (χ1n) is 5.42. The number of esters is 1. The van der Waals surface area contributed by atoms with Gasteiger partial charge >= 0.3 is 12.3 Å². The van der Waals surface area contributed by atoms with Gasteiger partial charge in [-0.2, -0.15) is 0 Å². The van der Waals surface area contributed by atoms with Crippen LogP contribution in [-0.2, 0) is 14.9 Å². The summed E-state index contributed by atoms with van der Waals surface area (Å²) >= 11 is 0. The molecule has 0 unspecified atom stereocenters. The molecule has 1 aromatic rings. The van der Waals surface area contributed by atoms with Crippen molar-refractivity contribution < 1.29 is 27.4 Å². The molecule has 0 saturated carbocycles. The number of hydrogen-bond donors (Lipinski definition) is 0. The predicted molar refractivity (Wildman–Crippen MR) is 58.4 cm³/mol. The van der Waals surface area contributed by atoms with E-state index in [0.29, 0.717) is 0 Å². The van der Waals surface area contributed by atoms with E-state index in [1.54, 1.807) is 20.8 Å². The maximum Gasteiger partial charge on any atom is 0.574 e. The summed E-state index contributed by atoms with van der Waals surface area (Å²) < 4.78 is 44.3. The van der Waals surface area contributed by atoms with Gasteiger partial charge in [0.1, 0.15) is 5.41 Å². The number of carbonyl (C=O) groups is 1. The third-order valence-corrected chi connectivity index (χ3v) is 2.27. The van der Waals surface area contributed by atoms with Gasteiger partial charge in [-0.3, -0.25) is 9.78 Å². The van der Waals surface area contributed by atoms with Crippen LogP contribution >= 0.6 is 0 Å². The zero-order chi connectivity index (χ0) is 14.7. The standard InChI is InChI=1S/C11H13F3N2O3/c1-4-18-9(17)10(2,3)7-5-16-8(6-15-7)19-11(12,13)14/h5-6H,4H2,1-3H3. The van der Waals surface area contributed by atoms with Crippen LogP contribution in [0.4, 0.5) is 13.2 Å². The third kappa shape index (κ3) is 4.08. The van der Waals surface area contributed by atoms with Crippen molar-refractivity contribution in [1.29, 1.82) is 0 Å². The fourth-order valence-electron chi connectivity index (χ4n) is 1.23. The van der Waals surface area contributed by atoms with Gasteiger partial charge in [0.25, 0.3) is 0 Å². The Morgan fingerprint density at radius 1 is 1.26 bits per heavy atom. The molecule has 0 amide bonds. The lowest BCUT2D eigenvalue weighted by molar-refractivity contribution is -0.276. The SMILES string of the molecule is CCOC(=O)C(C)(C)c1cnc(OC(F)(F)F)cn1. The molecule has 1 rings (SSSR count). The summed E-state index contributed by atoms with van der Waals surface area (Å²) in [5.41, 5.74) is -0.903. The first kappa shape index (κ1) is 15.2. The van der Waals surface area contributed by atoms with E-state index in [9.17, 15) is 18.0 Å². The van der Waals surface area contributed by atoms with Crippen molar-refractivity contribution in [3.8, 4) is 5.88 Å². The Hall–Kier alpha value is -1.86. The lowest BCUT2D eigenvalue weighted by Crippen LogP contribution is -2.32. The second-order valence-electron chi connectivity index (χ2n) is 4.13. The minimum Gasteiger partial charge on any atom is -0.465 e. The Labute approximate surface area is 107 Å². The summed E-state index contributed by atoms with van der Waals surface area (Å²) in [6.45, 7) is 4.93. The first-order chi connectivity index (χ1) is 8.66. The summed E-state index contributed by atoms with van der Waals surface area (Å²) in [5, 5.41) is 0. The van der Waals surface area contributed by atoms with E-state index in [4.69, 9.17) is 4.74 Å². The van der Waals surface area contributed by atoms with Crippen LogP contribution in [0, 0.1) is 0 Å². The van der Waals surface area contributed by atoms with Crippen molar-refractivity contribution in [1.82, 2.24) is 9.97 Å². The van der Waals surface area contributed by atoms with Gasteiger partial charge in [0.05, 0.1) is 24.7 Å². The fraction of sp³-hybridized carbons (Fsp3) is 0.545. The van der Waals surface area contributed by atoms with Gasteiger partial charge < -0.3 is 9.47 Å². The molecule has 5 nitrogen and oxygen atoms in total. The van der Waals surface area contributed by atoms with Crippen LogP contribution in [0.5, 0.6) is 5.88 Å². The molecule has 0 radical (unpaired) electrons. The molecule has 0 fully saturated rings. The quantitative estimate of drug-likeness (QED) is 0.790. The van der Waals surface area contributed by atoms with Gasteiger partial charge in [-0.05, 0) is 20.8 Å². The predicted octanol–water partition coefficient (Wildman–Crippen LogP) is 2.22. The molecule has 106 valence electrons. The minimum absolute atomic E-state index is 0.195. The molecule has 0 atom stereocenters. The van der Waals surface area contributed by atoms with Crippen molar-refractivity contribution >= 4 is 5.97 Å². The van der Waals surface area contributed by atoms with Gasteiger partial charge in [0, 0.05) is 0 Å². The highest BCUT2D eigenvalue weighted by Gasteiger charge is 2.35. The molecule has 0 aliphatic carbocycles. The van der Waals surface area contributed by atoms with Gasteiger partial charge in [0.2, 0.25) is 5.88 Å². The summed E-state index contributed by atoms with van der Waals surface area (Å²) in [6.07, 6.45) is -2.96. The maximum atomic E-state index is 11.9. The number of hydrogen-bond acceptors (Lipinski definition) is 5. The highest BCUT2D eigenvalue weighted by molar-refractivity contribution is 5.81. The Kier molecular flexibility index (Phi) is 4.33. The highest BCUT2D eigenvalue weighted by atomic mass is 19.4.